The number of hydrogen-bond donors (Lipinski definition) is 0. The lowest BCUT2D eigenvalue weighted by atomic mass is 9.90. The highest BCUT2D eigenvalue weighted by atomic mass is 16.8. The summed E-state index contributed by atoms with van der Waals surface area (Å²) in [7, 11) is 0. The molecule has 0 aromatic rings. The van der Waals surface area contributed by atoms with E-state index in [0.717, 1.165) is 25.7 Å². The fraction of sp³-hybridized carbons (Fsp3) is 0.750. The molecular formula is C16H22O5. The minimum Gasteiger partial charge on any atom is -0.459 e. The molecule has 1 saturated heterocycles. The van der Waals surface area contributed by atoms with Crippen molar-refractivity contribution in [1.29, 1.82) is 0 Å². The molecule has 0 unspecified atom stereocenters. The maximum Gasteiger partial charge on any atom is 0.303 e. The summed E-state index contributed by atoms with van der Waals surface area (Å²) in [5.41, 5.74) is 0.666. The van der Waals surface area contributed by atoms with Crippen LogP contribution in [-0.4, -0.2) is 35.9 Å². The van der Waals surface area contributed by atoms with Gasteiger partial charge in [0.15, 0.2) is 11.6 Å². The number of Topliss-reactive ketones (excluding diaryl/α,β-unsaturated/α-hetero) is 1. The van der Waals surface area contributed by atoms with E-state index in [0.29, 0.717) is 12.0 Å². The third-order valence-corrected chi connectivity index (χ3v) is 4.56. The summed E-state index contributed by atoms with van der Waals surface area (Å²) in [5.74, 6) is -0.898. The van der Waals surface area contributed by atoms with Crippen LogP contribution in [0.2, 0.25) is 0 Å². The maximum absolute atomic E-state index is 11.7. The van der Waals surface area contributed by atoms with Gasteiger partial charge >= 0.3 is 5.97 Å². The van der Waals surface area contributed by atoms with Gasteiger partial charge in [-0.3, -0.25) is 9.59 Å². The molecule has 0 aromatic carbocycles. The molecule has 3 atom stereocenters. The van der Waals surface area contributed by atoms with Crippen molar-refractivity contribution < 1.29 is 23.8 Å². The van der Waals surface area contributed by atoms with Gasteiger partial charge in [0.2, 0.25) is 0 Å². The van der Waals surface area contributed by atoms with Crippen molar-refractivity contribution in [2.24, 2.45) is 0 Å². The number of fused-ring (bicyclic) bond motifs is 1. The second kappa shape index (κ2) is 5.54. The van der Waals surface area contributed by atoms with Crippen LogP contribution in [0, 0.1) is 0 Å². The van der Waals surface area contributed by atoms with Crippen molar-refractivity contribution in [3.63, 3.8) is 0 Å². The Morgan fingerprint density at radius 2 is 1.90 bits per heavy atom. The molecule has 5 heteroatoms. The van der Waals surface area contributed by atoms with E-state index in [9.17, 15) is 9.59 Å². The molecule has 3 rings (SSSR count). The fourth-order valence-electron chi connectivity index (χ4n) is 3.58. The van der Waals surface area contributed by atoms with Gasteiger partial charge in [-0.2, -0.15) is 0 Å². The molecule has 1 spiro atoms. The molecule has 1 aliphatic heterocycles. The fourth-order valence-corrected chi connectivity index (χ4v) is 3.58. The minimum atomic E-state index is -0.547. The van der Waals surface area contributed by atoms with E-state index >= 15 is 0 Å². The number of carbonyl (C=O) groups excluding carboxylic acids is 2. The largest absolute Gasteiger partial charge is 0.459 e. The van der Waals surface area contributed by atoms with Gasteiger partial charge in [-0.05, 0) is 31.4 Å². The highest BCUT2D eigenvalue weighted by Crippen LogP contribution is 2.44. The summed E-state index contributed by atoms with van der Waals surface area (Å²) in [4.78, 5) is 23.0. The first-order chi connectivity index (χ1) is 9.99. The third-order valence-electron chi connectivity index (χ3n) is 4.56. The number of ketones is 1. The highest BCUT2D eigenvalue weighted by molar-refractivity contribution is 5.93. The van der Waals surface area contributed by atoms with Crippen LogP contribution >= 0.6 is 0 Å². The lowest BCUT2D eigenvalue weighted by Gasteiger charge is -2.32. The number of hydrogen-bond acceptors (Lipinski definition) is 5. The van der Waals surface area contributed by atoms with Gasteiger partial charge in [-0.25, -0.2) is 0 Å². The zero-order valence-corrected chi connectivity index (χ0v) is 12.6. The summed E-state index contributed by atoms with van der Waals surface area (Å²) < 4.78 is 17.7. The van der Waals surface area contributed by atoms with E-state index in [-0.39, 0.29) is 24.0 Å². The summed E-state index contributed by atoms with van der Waals surface area (Å²) >= 11 is 0. The zero-order chi connectivity index (χ0) is 15.0. The van der Waals surface area contributed by atoms with E-state index in [4.69, 9.17) is 14.2 Å². The van der Waals surface area contributed by atoms with Crippen LogP contribution in [0.5, 0.6) is 0 Å². The van der Waals surface area contributed by atoms with E-state index < -0.39 is 11.9 Å². The molecule has 0 aromatic heterocycles. The lowest BCUT2D eigenvalue weighted by Crippen LogP contribution is -2.42. The van der Waals surface area contributed by atoms with Gasteiger partial charge < -0.3 is 14.2 Å². The van der Waals surface area contributed by atoms with Gasteiger partial charge in [-0.15, -0.1) is 0 Å². The normalized spacial score (nSPS) is 34.2. The molecule has 21 heavy (non-hydrogen) atoms. The van der Waals surface area contributed by atoms with Crippen LogP contribution in [0.3, 0.4) is 0 Å². The average Bonchev–Trinajstić information content (AvgIpc) is 2.76. The molecule has 2 aliphatic carbocycles. The lowest BCUT2D eigenvalue weighted by molar-refractivity contribution is -0.201. The first-order valence-electron chi connectivity index (χ1n) is 7.74. The van der Waals surface area contributed by atoms with Crippen LogP contribution in [0.1, 0.15) is 52.4 Å². The van der Waals surface area contributed by atoms with Crippen molar-refractivity contribution in [2.45, 2.75) is 76.5 Å². The van der Waals surface area contributed by atoms with Crippen molar-refractivity contribution in [3.05, 3.63) is 11.6 Å². The first-order valence-corrected chi connectivity index (χ1v) is 7.74. The molecule has 0 N–H and O–H groups in total. The number of carbonyl (C=O) groups is 2. The van der Waals surface area contributed by atoms with Crippen molar-refractivity contribution >= 4 is 11.8 Å². The third kappa shape index (κ3) is 2.90. The zero-order valence-electron chi connectivity index (χ0n) is 12.6. The van der Waals surface area contributed by atoms with Crippen LogP contribution in [0.15, 0.2) is 11.6 Å². The summed E-state index contributed by atoms with van der Waals surface area (Å²) in [6.45, 7) is 2.91. The van der Waals surface area contributed by atoms with E-state index in [2.05, 4.69) is 0 Å². The Kier molecular flexibility index (Phi) is 3.88. The second-order valence-electron chi connectivity index (χ2n) is 6.24. The van der Waals surface area contributed by atoms with Crippen molar-refractivity contribution in [2.75, 3.05) is 0 Å². The van der Waals surface area contributed by atoms with E-state index in [1.165, 1.54) is 20.3 Å². The SMILES string of the molecule is CC(=O)O[C@@H]1CC(C(C)=O)=C[C@H]2OC3(CCCCC3)O[C@H]21. The van der Waals surface area contributed by atoms with Crippen LogP contribution < -0.4 is 0 Å². The Morgan fingerprint density at radius 1 is 1.19 bits per heavy atom. The molecule has 0 amide bonds. The highest BCUT2D eigenvalue weighted by Gasteiger charge is 2.52. The minimum absolute atomic E-state index is 0.00111. The Balaban J connectivity index is 1.84. The van der Waals surface area contributed by atoms with Gasteiger partial charge in [0, 0.05) is 26.2 Å². The van der Waals surface area contributed by atoms with Gasteiger partial charge in [-0.1, -0.05) is 6.42 Å². The monoisotopic (exact) mass is 294 g/mol. The molecule has 5 nitrogen and oxygen atoms in total. The number of esters is 1. The molecule has 116 valence electrons. The molecular weight excluding hydrogens is 272 g/mol. The molecule has 1 heterocycles. The molecule has 2 fully saturated rings. The second-order valence-corrected chi connectivity index (χ2v) is 6.24. The van der Waals surface area contributed by atoms with Crippen LogP contribution in [0.4, 0.5) is 0 Å². The molecule has 0 radical (unpaired) electrons. The van der Waals surface area contributed by atoms with Crippen LogP contribution in [0.25, 0.3) is 0 Å². The Labute approximate surface area is 124 Å². The Bertz CT molecular complexity index is 475. The van der Waals surface area contributed by atoms with Gasteiger partial charge in [0.1, 0.15) is 18.3 Å². The molecule has 0 bridgehead atoms. The van der Waals surface area contributed by atoms with Crippen molar-refractivity contribution in [1.82, 2.24) is 0 Å². The van der Waals surface area contributed by atoms with Crippen LogP contribution in [-0.2, 0) is 23.8 Å². The van der Waals surface area contributed by atoms with Gasteiger partial charge in [0.05, 0.1) is 0 Å². The topological polar surface area (TPSA) is 61.8 Å². The predicted molar refractivity (Wildman–Crippen MR) is 74.5 cm³/mol. The standard InChI is InChI=1S/C16H22O5/c1-10(17)12-8-13(19-11(2)18)15-14(9-12)20-16(21-15)6-4-3-5-7-16/h9,13-15H,3-8H2,1-2H3/t13-,14-,15+/m1/s1. The smallest absolute Gasteiger partial charge is 0.303 e. The summed E-state index contributed by atoms with van der Waals surface area (Å²) in [6, 6.07) is 0. The predicted octanol–water partition coefficient (Wildman–Crippen LogP) is 2.28. The Hall–Kier alpha value is -1.20. The van der Waals surface area contributed by atoms with E-state index in [1.54, 1.807) is 0 Å². The molecule has 3 aliphatic rings. The maximum atomic E-state index is 11.7. The number of rotatable bonds is 2. The molecule has 1 saturated carbocycles. The summed E-state index contributed by atoms with van der Waals surface area (Å²) in [6.07, 6.45) is 6.36. The first kappa shape index (κ1) is 14.7. The average molecular weight is 294 g/mol. The number of ether oxygens (including phenoxy) is 3. The quantitative estimate of drug-likeness (QED) is 0.731. The van der Waals surface area contributed by atoms with Crippen molar-refractivity contribution in [3.8, 4) is 0 Å². The summed E-state index contributed by atoms with van der Waals surface area (Å²) in [5, 5.41) is 0. The Morgan fingerprint density at radius 3 is 2.52 bits per heavy atom. The van der Waals surface area contributed by atoms with E-state index in [1.807, 2.05) is 6.08 Å². The van der Waals surface area contributed by atoms with Gasteiger partial charge in [0.25, 0.3) is 0 Å².